The maximum Gasteiger partial charge on any atom is 0.155 e. The fourth-order valence-corrected chi connectivity index (χ4v) is 4.52. The molecule has 0 amide bonds. The number of benzene rings is 4. The van der Waals surface area contributed by atoms with Crippen LogP contribution >= 0.6 is 0 Å². The molecule has 0 spiro atoms. The van der Waals surface area contributed by atoms with Crippen LogP contribution in [0.15, 0.2) is 121 Å². The lowest BCUT2D eigenvalue weighted by atomic mass is 9.66. The quantitative estimate of drug-likeness (QED) is 0.273. The molecule has 0 saturated heterocycles. The highest BCUT2D eigenvalue weighted by atomic mass is 16.2. The van der Waals surface area contributed by atoms with Gasteiger partial charge in [-0.25, -0.2) is 0 Å². The van der Waals surface area contributed by atoms with Gasteiger partial charge < -0.3 is 0 Å². The van der Waals surface area contributed by atoms with E-state index in [1.165, 1.54) is 0 Å². The van der Waals surface area contributed by atoms with E-state index in [0.29, 0.717) is 25.7 Å². The summed E-state index contributed by atoms with van der Waals surface area (Å²) in [5, 5.41) is 0. The summed E-state index contributed by atoms with van der Waals surface area (Å²) in [6.07, 6.45) is 1.80. The summed E-state index contributed by atoms with van der Waals surface area (Å²) in [4.78, 5) is 28.1. The Morgan fingerprint density at radius 2 is 0.758 bits per heavy atom. The van der Waals surface area contributed by atoms with E-state index in [1.54, 1.807) is 0 Å². The minimum atomic E-state index is -1.31. The Morgan fingerprint density at radius 3 is 1.09 bits per heavy atom. The first kappa shape index (κ1) is 22.4. The second kappa shape index (κ2) is 10.7. The van der Waals surface area contributed by atoms with Gasteiger partial charge in [0.2, 0.25) is 0 Å². The SMILES string of the molecule is O=C(CCc1ccccc1)C(C(=O)CCc1ccccc1)(c1ccccc1)c1ccccc1. The molecule has 0 radical (unpaired) electrons. The predicted octanol–water partition coefficient (Wildman–Crippen LogP) is 6.38. The molecule has 4 aromatic rings. The van der Waals surface area contributed by atoms with Crippen molar-refractivity contribution in [2.45, 2.75) is 31.1 Å². The molecule has 0 bridgehead atoms. The molecule has 0 aromatic heterocycles. The molecule has 4 rings (SSSR count). The van der Waals surface area contributed by atoms with Crippen molar-refractivity contribution in [1.82, 2.24) is 0 Å². The first-order valence-corrected chi connectivity index (χ1v) is 11.5. The molecule has 164 valence electrons. The molecule has 2 heteroatoms. The number of carbonyl (C=O) groups is 2. The van der Waals surface area contributed by atoms with Crippen LogP contribution in [0.1, 0.15) is 35.1 Å². The third kappa shape index (κ3) is 5.01. The van der Waals surface area contributed by atoms with E-state index in [4.69, 9.17) is 0 Å². The summed E-state index contributed by atoms with van der Waals surface area (Å²) < 4.78 is 0. The van der Waals surface area contributed by atoms with Crippen molar-refractivity contribution in [1.29, 1.82) is 0 Å². The predicted molar refractivity (Wildman–Crippen MR) is 133 cm³/mol. The molecule has 0 heterocycles. The first-order chi connectivity index (χ1) is 16.2. The Bertz CT molecular complexity index is 1070. The van der Waals surface area contributed by atoms with Gasteiger partial charge in [0.15, 0.2) is 11.6 Å². The lowest BCUT2D eigenvalue weighted by molar-refractivity contribution is -0.133. The Morgan fingerprint density at radius 1 is 0.455 bits per heavy atom. The Hall–Kier alpha value is -3.78. The molecule has 0 aliphatic carbocycles. The normalized spacial score (nSPS) is 11.2. The van der Waals surface area contributed by atoms with Crippen molar-refractivity contribution >= 4 is 11.6 Å². The molecule has 0 fully saturated rings. The van der Waals surface area contributed by atoms with Crippen LogP contribution in [0.4, 0.5) is 0 Å². The molecule has 4 aromatic carbocycles. The lowest BCUT2D eigenvalue weighted by Gasteiger charge is -2.32. The van der Waals surface area contributed by atoms with Crippen LogP contribution in [0.3, 0.4) is 0 Å². The number of carbonyl (C=O) groups excluding carboxylic acids is 2. The molecular formula is C31H28O2. The zero-order chi connectivity index (χ0) is 22.9. The van der Waals surface area contributed by atoms with Crippen molar-refractivity contribution in [3.63, 3.8) is 0 Å². The highest BCUT2D eigenvalue weighted by Gasteiger charge is 2.47. The number of rotatable bonds is 10. The van der Waals surface area contributed by atoms with Gasteiger partial charge in [0.1, 0.15) is 5.41 Å². The fourth-order valence-electron chi connectivity index (χ4n) is 4.52. The van der Waals surface area contributed by atoms with Crippen molar-refractivity contribution in [2.24, 2.45) is 0 Å². The largest absolute Gasteiger partial charge is 0.298 e. The van der Waals surface area contributed by atoms with E-state index in [0.717, 1.165) is 22.3 Å². The minimum absolute atomic E-state index is 0.0539. The summed E-state index contributed by atoms with van der Waals surface area (Å²) in [5.41, 5.74) is 2.36. The van der Waals surface area contributed by atoms with E-state index >= 15 is 0 Å². The van der Waals surface area contributed by atoms with Crippen molar-refractivity contribution in [3.8, 4) is 0 Å². The molecule has 0 unspecified atom stereocenters. The number of hydrogen-bond donors (Lipinski definition) is 0. The fraction of sp³-hybridized carbons (Fsp3) is 0.161. The zero-order valence-corrected chi connectivity index (χ0v) is 18.7. The maximum atomic E-state index is 14.1. The monoisotopic (exact) mass is 432 g/mol. The standard InChI is InChI=1S/C31H28O2/c32-29(23-21-25-13-5-1-6-14-25)31(27-17-9-3-10-18-27,28-19-11-4-12-20-28)30(33)24-22-26-15-7-2-8-16-26/h1-20H,21-24H2. The summed E-state index contributed by atoms with van der Waals surface area (Å²) in [6.45, 7) is 0. The van der Waals surface area contributed by atoms with E-state index < -0.39 is 5.41 Å². The van der Waals surface area contributed by atoms with Gasteiger partial charge in [-0.15, -0.1) is 0 Å². The van der Waals surface area contributed by atoms with Gasteiger partial charge in [-0.05, 0) is 35.1 Å². The van der Waals surface area contributed by atoms with Crippen molar-refractivity contribution in [3.05, 3.63) is 144 Å². The molecule has 0 aliphatic heterocycles. The smallest absolute Gasteiger partial charge is 0.155 e. The third-order valence-electron chi connectivity index (χ3n) is 6.22. The maximum absolute atomic E-state index is 14.1. The molecule has 0 aliphatic rings. The van der Waals surface area contributed by atoms with E-state index in [2.05, 4.69) is 0 Å². The van der Waals surface area contributed by atoms with Gasteiger partial charge in [-0.3, -0.25) is 9.59 Å². The molecule has 33 heavy (non-hydrogen) atoms. The van der Waals surface area contributed by atoms with Crippen LogP contribution in [0.5, 0.6) is 0 Å². The highest BCUT2D eigenvalue weighted by Crippen LogP contribution is 2.37. The molecule has 0 atom stereocenters. The Balaban J connectivity index is 1.74. The second-order valence-corrected chi connectivity index (χ2v) is 8.30. The summed E-state index contributed by atoms with van der Waals surface area (Å²) in [5.74, 6) is -0.108. The summed E-state index contributed by atoms with van der Waals surface area (Å²) >= 11 is 0. The average Bonchev–Trinajstić information content (AvgIpc) is 2.89. The Kier molecular flexibility index (Phi) is 7.26. The van der Waals surface area contributed by atoms with Crippen LogP contribution in [0.25, 0.3) is 0 Å². The van der Waals surface area contributed by atoms with Gasteiger partial charge in [0, 0.05) is 12.8 Å². The minimum Gasteiger partial charge on any atom is -0.298 e. The third-order valence-corrected chi connectivity index (χ3v) is 6.22. The molecule has 2 nitrogen and oxygen atoms in total. The van der Waals surface area contributed by atoms with Gasteiger partial charge in [-0.1, -0.05) is 121 Å². The Labute approximate surface area is 195 Å². The van der Waals surface area contributed by atoms with Crippen molar-refractivity contribution in [2.75, 3.05) is 0 Å². The van der Waals surface area contributed by atoms with Gasteiger partial charge in [-0.2, -0.15) is 0 Å². The van der Waals surface area contributed by atoms with Crippen LogP contribution in [-0.4, -0.2) is 11.6 Å². The average molecular weight is 433 g/mol. The number of aryl methyl sites for hydroxylation is 2. The van der Waals surface area contributed by atoms with Crippen LogP contribution in [0, 0.1) is 0 Å². The molecule has 0 saturated carbocycles. The summed E-state index contributed by atoms with van der Waals surface area (Å²) in [7, 11) is 0. The lowest BCUT2D eigenvalue weighted by Crippen LogP contribution is -2.45. The van der Waals surface area contributed by atoms with Gasteiger partial charge >= 0.3 is 0 Å². The topological polar surface area (TPSA) is 34.1 Å². The number of ketones is 2. The van der Waals surface area contributed by atoms with E-state index in [1.807, 2.05) is 121 Å². The van der Waals surface area contributed by atoms with E-state index in [9.17, 15) is 9.59 Å². The molecular weight excluding hydrogens is 404 g/mol. The highest BCUT2D eigenvalue weighted by molar-refractivity contribution is 6.16. The van der Waals surface area contributed by atoms with Crippen LogP contribution in [-0.2, 0) is 27.8 Å². The number of hydrogen-bond acceptors (Lipinski definition) is 2. The number of Topliss-reactive ketones (excluding diaryl/α,β-unsaturated/α-hetero) is 2. The van der Waals surface area contributed by atoms with Crippen LogP contribution < -0.4 is 0 Å². The summed E-state index contributed by atoms with van der Waals surface area (Å²) in [6, 6.07) is 39.1. The zero-order valence-electron chi connectivity index (χ0n) is 18.7. The van der Waals surface area contributed by atoms with Crippen molar-refractivity contribution < 1.29 is 9.59 Å². The molecule has 0 N–H and O–H groups in total. The van der Waals surface area contributed by atoms with Gasteiger partial charge in [0.25, 0.3) is 0 Å². The first-order valence-electron chi connectivity index (χ1n) is 11.5. The second-order valence-electron chi connectivity index (χ2n) is 8.30. The van der Waals surface area contributed by atoms with Crippen LogP contribution in [0.2, 0.25) is 0 Å². The van der Waals surface area contributed by atoms with Gasteiger partial charge in [0.05, 0.1) is 0 Å². The van der Waals surface area contributed by atoms with E-state index in [-0.39, 0.29) is 11.6 Å².